The molecule has 0 spiro atoms. The van der Waals surface area contributed by atoms with E-state index in [1.165, 1.54) is 32.1 Å². The molecule has 5 nitrogen and oxygen atoms in total. The average molecular weight is 427 g/mol. The third-order valence-electron chi connectivity index (χ3n) is 3.64. The van der Waals surface area contributed by atoms with Crippen molar-refractivity contribution in [3.63, 3.8) is 0 Å². The van der Waals surface area contributed by atoms with Crippen molar-refractivity contribution < 1.29 is 9.47 Å². The summed E-state index contributed by atoms with van der Waals surface area (Å²) >= 11 is 0. The molecule has 0 amide bonds. The van der Waals surface area contributed by atoms with E-state index in [-0.39, 0.29) is 24.0 Å². The van der Waals surface area contributed by atoms with Gasteiger partial charge in [0.2, 0.25) is 0 Å². The second kappa shape index (κ2) is 15.8. The second-order valence-electron chi connectivity index (χ2n) is 5.52. The van der Waals surface area contributed by atoms with Gasteiger partial charge in [-0.05, 0) is 32.6 Å². The molecular formula is C16H34IN3O2. The van der Waals surface area contributed by atoms with E-state index in [0.29, 0.717) is 6.10 Å². The fraction of sp³-hybridized carbons (Fsp3) is 0.938. The normalized spacial score (nSPS) is 16.2. The van der Waals surface area contributed by atoms with Crippen LogP contribution in [0.3, 0.4) is 0 Å². The van der Waals surface area contributed by atoms with Crippen LogP contribution in [0.2, 0.25) is 0 Å². The number of nitrogens with zero attached hydrogens (tertiary/aromatic N) is 1. The van der Waals surface area contributed by atoms with Gasteiger partial charge in [-0.2, -0.15) is 0 Å². The number of halogens is 1. The SMILES string of the molecule is CCNC(=NCCCOC)NCCCOC1CCCCC1.I. The highest BCUT2D eigenvalue weighted by Crippen LogP contribution is 2.20. The van der Waals surface area contributed by atoms with Crippen molar-refractivity contribution in [2.24, 2.45) is 4.99 Å². The fourth-order valence-corrected chi connectivity index (χ4v) is 2.50. The van der Waals surface area contributed by atoms with E-state index in [4.69, 9.17) is 9.47 Å². The highest BCUT2D eigenvalue weighted by molar-refractivity contribution is 14.0. The molecule has 0 saturated heterocycles. The van der Waals surface area contributed by atoms with Crippen molar-refractivity contribution in [2.45, 2.75) is 58.0 Å². The Hall–Kier alpha value is -0.0800. The second-order valence-corrected chi connectivity index (χ2v) is 5.52. The van der Waals surface area contributed by atoms with Gasteiger partial charge in [0.15, 0.2) is 5.96 Å². The molecule has 2 N–H and O–H groups in total. The lowest BCUT2D eigenvalue weighted by Crippen LogP contribution is -2.38. The predicted molar refractivity (Wildman–Crippen MR) is 103 cm³/mol. The Morgan fingerprint density at radius 3 is 2.55 bits per heavy atom. The summed E-state index contributed by atoms with van der Waals surface area (Å²) < 4.78 is 10.9. The van der Waals surface area contributed by atoms with Crippen LogP contribution in [0.5, 0.6) is 0 Å². The Bertz CT molecular complexity index is 272. The maximum atomic E-state index is 5.92. The summed E-state index contributed by atoms with van der Waals surface area (Å²) in [5.74, 6) is 0.895. The molecule has 0 heterocycles. The summed E-state index contributed by atoms with van der Waals surface area (Å²) in [7, 11) is 1.72. The Morgan fingerprint density at radius 1 is 1.09 bits per heavy atom. The lowest BCUT2D eigenvalue weighted by molar-refractivity contribution is 0.0277. The topological polar surface area (TPSA) is 54.9 Å². The van der Waals surface area contributed by atoms with E-state index in [1.54, 1.807) is 7.11 Å². The molecule has 0 aromatic carbocycles. The van der Waals surface area contributed by atoms with Gasteiger partial charge >= 0.3 is 0 Å². The Labute approximate surface area is 153 Å². The minimum atomic E-state index is 0. The quantitative estimate of drug-likeness (QED) is 0.244. The zero-order chi connectivity index (χ0) is 15.2. The van der Waals surface area contributed by atoms with E-state index in [9.17, 15) is 0 Å². The van der Waals surface area contributed by atoms with Crippen LogP contribution in [0.4, 0.5) is 0 Å². The van der Waals surface area contributed by atoms with E-state index in [2.05, 4.69) is 22.5 Å². The lowest BCUT2D eigenvalue weighted by atomic mass is 9.98. The molecule has 1 fully saturated rings. The van der Waals surface area contributed by atoms with Gasteiger partial charge in [-0.25, -0.2) is 0 Å². The maximum absolute atomic E-state index is 5.92. The highest BCUT2D eigenvalue weighted by Gasteiger charge is 2.12. The van der Waals surface area contributed by atoms with Crippen LogP contribution in [0.1, 0.15) is 51.9 Å². The van der Waals surface area contributed by atoms with Gasteiger partial charge in [0.25, 0.3) is 0 Å². The molecule has 0 unspecified atom stereocenters. The van der Waals surface area contributed by atoms with Crippen molar-refractivity contribution in [3.05, 3.63) is 0 Å². The summed E-state index contributed by atoms with van der Waals surface area (Å²) in [6.45, 7) is 6.27. The summed E-state index contributed by atoms with van der Waals surface area (Å²) in [6.07, 6.45) is 9.04. The van der Waals surface area contributed by atoms with Gasteiger partial charge in [0.05, 0.1) is 6.10 Å². The van der Waals surface area contributed by atoms with Gasteiger partial charge in [-0.3, -0.25) is 4.99 Å². The Kier molecular flexibility index (Phi) is 15.7. The first kappa shape index (κ1) is 21.9. The number of hydrogen-bond acceptors (Lipinski definition) is 3. The number of hydrogen-bond donors (Lipinski definition) is 2. The van der Waals surface area contributed by atoms with Gasteiger partial charge in [0, 0.05) is 40.0 Å². The van der Waals surface area contributed by atoms with Crippen molar-refractivity contribution in [1.82, 2.24) is 10.6 Å². The van der Waals surface area contributed by atoms with E-state index < -0.39 is 0 Å². The summed E-state index contributed by atoms with van der Waals surface area (Å²) in [4.78, 5) is 4.51. The molecule has 1 aliphatic rings. The molecule has 0 aromatic rings. The van der Waals surface area contributed by atoms with E-state index in [0.717, 1.165) is 51.6 Å². The fourth-order valence-electron chi connectivity index (χ4n) is 2.50. The summed E-state index contributed by atoms with van der Waals surface area (Å²) in [5.41, 5.74) is 0. The monoisotopic (exact) mass is 427 g/mol. The maximum Gasteiger partial charge on any atom is 0.191 e. The number of nitrogens with one attached hydrogen (secondary N) is 2. The van der Waals surface area contributed by atoms with Crippen LogP contribution in [-0.4, -0.2) is 52.0 Å². The number of aliphatic imine (C=N–C) groups is 1. The first-order valence-electron chi connectivity index (χ1n) is 8.49. The first-order valence-corrected chi connectivity index (χ1v) is 8.49. The molecule has 0 radical (unpaired) electrons. The molecule has 0 bridgehead atoms. The van der Waals surface area contributed by atoms with Crippen LogP contribution < -0.4 is 10.6 Å². The summed E-state index contributed by atoms with van der Waals surface area (Å²) in [5, 5.41) is 6.61. The molecule has 0 aliphatic heterocycles. The lowest BCUT2D eigenvalue weighted by Gasteiger charge is -2.22. The number of guanidine groups is 1. The van der Waals surface area contributed by atoms with E-state index >= 15 is 0 Å². The van der Waals surface area contributed by atoms with E-state index in [1.807, 2.05) is 0 Å². The van der Waals surface area contributed by atoms with Gasteiger partial charge in [0.1, 0.15) is 0 Å². The van der Waals surface area contributed by atoms with Crippen LogP contribution >= 0.6 is 24.0 Å². The predicted octanol–water partition coefficient (Wildman–Crippen LogP) is 2.94. The molecule has 1 aliphatic carbocycles. The number of rotatable bonds is 10. The molecule has 132 valence electrons. The molecule has 1 saturated carbocycles. The van der Waals surface area contributed by atoms with Gasteiger partial charge in [-0.15, -0.1) is 24.0 Å². The molecule has 22 heavy (non-hydrogen) atoms. The standard InChI is InChI=1S/C16H33N3O2.HI/c1-3-17-16(18-11-7-13-20-2)19-12-8-14-21-15-9-5-4-6-10-15;/h15H,3-14H2,1-2H3,(H2,17,18,19);1H. The molecule has 0 aromatic heterocycles. The number of methoxy groups -OCH3 is 1. The average Bonchev–Trinajstić information content (AvgIpc) is 2.52. The minimum absolute atomic E-state index is 0. The molecule has 6 heteroatoms. The van der Waals surface area contributed by atoms with Crippen molar-refractivity contribution in [3.8, 4) is 0 Å². The van der Waals surface area contributed by atoms with Crippen LogP contribution in [0.25, 0.3) is 0 Å². The Balaban J connectivity index is 0.00000441. The Morgan fingerprint density at radius 2 is 1.86 bits per heavy atom. The number of ether oxygens (including phenoxy) is 2. The van der Waals surface area contributed by atoms with Gasteiger partial charge < -0.3 is 20.1 Å². The van der Waals surface area contributed by atoms with Crippen molar-refractivity contribution in [1.29, 1.82) is 0 Å². The van der Waals surface area contributed by atoms with Crippen molar-refractivity contribution >= 4 is 29.9 Å². The largest absolute Gasteiger partial charge is 0.385 e. The van der Waals surface area contributed by atoms with Crippen molar-refractivity contribution in [2.75, 3.05) is 40.0 Å². The smallest absolute Gasteiger partial charge is 0.191 e. The summed E-state index contributed by atoms with van der Waals surface area (Å²) in [6, 6.07) is 0. The zero-order valence-corrected chi connectivity index (χ0v) is 16.6. The van der Waals surface area contributed by atoms with Crippen LogP contribution in [0.15, 0.2) is 4.99 Å². The molecule has 0 atom stereocenters. The van der Waals surface area contributed by atoms with Crippen LogP contribution in [0, 0.1) is 0 Å². The molecular weight excluding hydrogens is 393 g/mol. The van der Waals surface area contributed by atoms with Gasteiger partial charge in [-0.1, -0.05) is 19.3 Å². The third-order valence-corrected chi connectivity index (χ3v) is 3.64. The minimum Gasteiger partial charge on any atom is -0.385 e. The third kappa shape index (κ3) is 11.5. The molecule has 1 rings (SSSR count). The first-order chi connectivity index (χ1) is 10.4. The van der Waals surface area contributed by atoms with Crippen LogP contribution in [-0.2, 0) is 9.47 Å². The zero-order valence-electron chi connectivity index (χ0n) is 14.2. The highest BCUT2D eigenvalue weighted by atomic mass is 127.